The number of guanidine groups is 1. The van der Waals surface area contributed by atoms with Crippen molar-refractivity contribution in [2.75, 3.05) is 45.7 Å². The van der Waals surface area contributed by atoms with Crippen LogP contribution in [0.3, 0.4) is 0 Å². The molecule has 1 aromatic rings. The maximum Gasteiger partial charge on any atom is 0.235 e. The molecule has 0 radical (unpaired) electrons. The number of piperidine rings is 1. The fourth-order valence-electron chi connectivity index (χ4n) is 3.86. The van der Waals surface area contributed by atoms with Crippen molar-refractivity contribution in [3.8, 4) is 0 Å². The average molecular weight is 418 g/mol. The zero-order chi connectivity index (χ0) is 21.0. The lowest BCUT2D eigenvalue weighted by Crippen LogP contribution is -2.47. The largest absolute Gasteiger partial charge is 0.495 e. The number of halogens is 1. The van der Waals surface area contributed by atoms with E-state index in [9.17, 15) is 4.79 Å². The van der Waals surface area contributed by atoms with Crippen LogP contribution in [0.25, 0.3) is 0 Å². The van der Waals surface area contributed by atoms with Crippen LogP contribution in [0.15, 0.2) is 40.1 Å². The van der Waals surface area contributed by atoms with Gasteiger partial charge in [0.05, 0.1) is 11.6 Å². The number of rotatable bonds is 5. The number of amides is 1. The van der Waals surface area contributed by atoms with Crippen LogP contribution in [0.1, 0.15) is 25.3 Å². The minimum Gasteiger partial charge on any atom is -0.495 e. The molecule has 1 N–H and O–H groups in total. The first-order valence-corrected chi connectivity index (χ1v) is 10.1. The molecule has 0 aromatic heterocycles. The molecule has 1 fully saturated rings. The van der Waals surface area contributed by atoms with Crippen LogP contribution in [0.5, 0.6) is 0 Å². The van der Waals surface area contributed by atoms with Gasteiger partial charge in [-0.15, -0.1) is 0 Å². The quantitative estimate of drug-likeness (QED) is 0.454. The van der Waals surface area contributed by atoms with Gasteiger partial charge >= 0.3 is 0 Å². The summed E-state index contributed by atoms with van der Waals surface area (Å²) in [7, 11) is 3.72. The van der Waals surface area contributed by atoms with Gasteiger partial charge in [0.15, 0.2) is 0 Å². The molecule has 1 saturated heterocycles. The molecule has 8 heteroatoms. The first-order chi connectivity index (χ1) is 13.9. The number of likely N-dealkylation sites (tertiary alicyclic amines) is 1. The Balaban J connectivity index is 1.52. The standard InChI is InChI=1S/C21H28ClN5O2/c1-15(14-24-20(23-2)26(3)4)29-12-11-27-9-7-21(8-10-27)17-13-16(22)5-6-18(17)25-19(21)28/h5-6,13-14H,2,7-12H2,1,3-4H3,(H,25,28)/b15-14+,24-20?. The first kappa shape index (κ1) is 21.3. The van der Waals surface area contributed by atoms with Crippen molar-refractivity contribution in [2.45, 2.75) is 25.2 Å². The van der Waals surface area contributed by atoms with Crippen LogP contribution in [-0.4, -0.2) is 68.7 Å². The Kier molecular flexibility index (Phi) is 6.59. The molecular formula is C21H28ClN5O2. The predicted octanol–water partition coefficient (Wildman–Crippen LogP) is 3.12. The summed E-state index contributed by atoms with van der Waals surface area (Å²) in [6, 6.07) is 5.65. The number of hydrogen-bond acceptors (Lipinski definition) is 4. The highest BCUT2D eigenvalue weighted by Crippen LogP contribution is 2.45. The molecule has 1 amide bonds. The Morgan fingerprint density at radius 1 is 1.41 bits per heavy atom. The molecule has 2 heterocycles. The van der Waals surface area contributed by atoms with E-state index in [-0.39, 0.29) is 5.91 Å². The van der Waals surface area contributed by atoms with E-state index in [1.807, 2.05) is 39.2 Å². The Morgan fingerprint density at radius 3 is 2.79 bits per heavy atom. The Morgan fingerprint density at radius 2 is 2.14 bits per heavy atom. The van der Waals surface area contributed by atoms with Crippen molar-refractivity contribution in [2.24, 2.45) is 9.98 Å². The number of ether oxygens (including phenoxy) is 1. The van der Waals surface area contributed by atoms with Gasteiger partial charge in [-0.05, 0) is 63.3 Å². The summed E-state index contributed by atoms with van der Waals surface area (Å²) in [6.45, 7) is 8.43. The van der Waals surface area contributed by atoms with Gasteiger partial charge in [0.25, 0.3) is 0 Å². The predicted molar refractivity (Wildman–Crippen MR) is 118 cm³/mol. The SMILES string of the molecule is C=NC(=N/C=C(\C)OCCN1CCC2(CC1)C(=O)Nc1ccc(Cl)cc12)N(C)C. The molecule has 0 saturated carbocycles. The molecule has 0 bridgehead atoms. The van der Waals surface area contributed by atoms with Gasteiger partial charge in [-0.25, -0.2) is 9.98 Å². The van der Waals surface area contributed by atoms with Crippen molar-refractivity contribution in [3.63, 3.8) is 0 Å². The third-order valence-corrected chi connectivity index (χ3v) is 5.77. The third kappa shape index (κ3) is 4.62. The molecule has 29 heavy (non-hydrogen) atoms. The van der Waals surface area contributed by atoms with Crippen LogP contribution in [0, 0.1) is 0 Å². The summed E-state index contributed by atoms with van der Waals surface area (Å²) in [4.78, 5) is 24.9. The Bertz CT molecular complexity index is 841. The van der Waals surface area contributed by atoms with Crippen LogP contribution in [0.4, 0.5) is 5.69 Å². The molecule has 1 spiro atoms. The summed E-state index contributed by atoms with van der Waals surface area (Å²) in [5.74, 6) is 1.35. The maximum absolute atomic E-state index is 12.7. The summed E-state index contributed by atoms with van der Waals surface area (Å²) in [5.41, 5.74) is 1.47. The molecule has 7 nitrogen and oxygen atoms in total. The highest BCUT2D eigenvalue weighted by atomic mass is 35.5. The maximum atomic E-state index is 12.7. The molecule has 2 aliphatic rings. The smallest absolute Gasteiger partial charge is 0.235 e. The van der Waals surface area contributed by atoms with Gasteiger partial charge in [0.2, 0.25) is 11.9 Å². The molecule has 1 aromatic carbocycles. The number of nitrogens with one attached hydrogen (secondary N) is 1. The lowest BCUT2D eigenvalue weighted by atomic mass is 9.73. The molecule has 0 atom stereocenters. The summed E-state index contributed by atoms with van der Waals surface area (Å²) < 4.78 is 5.76. The third-order valence-electron chi connectivity index (χ3n) is 5.53. The monoisotopic (exact) mass is 417 g/mol. The van der Waals surface area contributed by atoms with Crippen LogP contribution in [0.2, 0.25) is 5.02 Å². The number of hydrogen-bond donors (Lipinski definition) is 1. The molecule has 0 unspecified atom stereocenters. The summed E-state index contributed by atoms with van der Waals surface area (Å²) >= 11 is 6.18. The minimum atomic E-state index is -0.456. The molecule has 156 valence electrons. The zero-order valence-corrected chi connectivity index (χ0v) is 18.0. The second kappa shape index (κ2) is 8.97. The van der Waals surface area contributed by atoms with Gasteiger partial charge in [0, 0.05) is 31.4 Å². The summed E-state index contributed by atoms with van der Waals surface area (Å²) in [5, 5.41) is 3.69. The van der Waals surface area contributed by atoms with E-state index < -0.39 is 5.41 Å². The van der Waals surface area contributed by atoms with E-state index in [1.54, 1.807) is 11.1 Å². The Labute approximate surface area is 177 Å². The average Bonchev–Trinajstić information content (AvgIpc) is 2.95. The normalized spacial score (nSPS) is 19.1. The highest BCUT2D eigenvalue weighted by Gasteiger charge is 2.48. The van der Waals surface area contributed by atoms with Crippen LogP contribution >= 0.6 is 11.6 Å². The van der Waals surface area contributed by atoms with E-state index >= 15 is 0 Å². The minimum absolute atomic E-state index is 0.0924. The number of allylic oxidation sites excluding steroid dienone is 1. The fourth-order valence-corrected chi connectivity index (χ4v) is 4.03. The number of benzene rings is 1. The van der Waals surface area contributed by atoms with Gasteiger partial charge in [-0.2, -0.15) is 0 Å². The van der Waals surface area contributed by atoms with Gasteiger partial charge in [-0.1, -0.05) is 11.6 Å². The van der Waals surface area contributed by atoms with Crippen LogP contribution < -0.4 is 5.32 Å². The number of carbonyl (C=O) groups excluding carboxylic acids is 1. The number of nitrogens with zero attached hydrogens (tertiary/aromatic N) is 4. The molecule has 3 rings (SSSR count). The lowest BCUT2D eigenvalue weighted by molar-refractivity contribution is -0.122. The molecular weight excluding hydrogens is 390 g/mol. The second-order valence-corrected chi connectivity index (χ2v) is 8.07. The van der Waals surface area contributed by atoms with Crippen molar-refractivity contribution >= 4 is 35.9 Å². The van der Waals surface area contributed by atoms with Gasteiger partial charge < -0.3 is 15.0 Å². The number of aliphatic imine (C=N–C) groups is 2. The molecule has 2 aliphatic heterocycles. The fraction of sp³-hybridized carbons (Fsp3) is 0.476. The van der Waals surface area contributed by atoms with Crippen molar-refractivity contribution in [1.29, 1.82) is 0 Å². The van der Waals surface area contributed by atoms with Gasteiger partial charge in [-0.3, -0.25) is 9.69 Å². The van der Waals surface area contributed by atoms with E-state index in [0.717, 1.165) is 49.5 Å². The molecule has 0 aliphatic carbocycles. The lowest BCUT2D eigenvalue weighted by Gasteiger charge is -2.38. The number of fused-ring (bicyclic) bond motifs is 2. The summed E-state index contributed by atoms with van der Waals surface area (Å²) in [6.07, 6.45) is 3.21. The second-order valence-electron chi connectivity index (χ2n) is 7.64. The van der Waals surface area contributed by atoms with E-state index in [1.165, 1.54) is 0 Å². The van der Waals surface area contributed by atoms with E-state index in [0.29, 0.717) is 17.6 Å². The van der Waals surface area contributed by atoms with Crippen LogP contribution in [-0.2, 0) is 14.9 Å². The topological polar surface area (TPSA) is 69.5 Å². The van der Waals surface area contributed by atoms with E-state index in [2.05, 4.69) is 26.9 Å². The van der Waals surface area contributed by atoms with Crippen molar-refractivity contribution in [3.05, 3.63) is 40.7 Å². The van der Waals surface area contributed by atoms with Gasteiger partial charge in [0.1, 0.15) is 12.4 Å². The Hall–Kier alpha value is -2.38. The number of anilines is 1. The number of carbonyl (C=O) groups is 1. The highest BCUT2D eigenvalue weighted by molar-refractivity contribution is 6.31. The zero-order valence-electron chi connectivity index (χ0n) is 17.2. The first-order valence-electron chi connectivity index (χ1n) is 9.71. The van der Waals surface area contributed by atoms with Crippen molar-refractivity contribution in [1.82, 2.24) is 9.80 Å². The van der Waals surface area contributed by atoms with Crippen molar-refractivity contribution < 1.29 is 9.53 Å². The van der Waals surface area contributed by atoms with E-state index in [4.69, 9.17) is 16.3 Å².